The summed E-state index contributed by atoms with van der Waals surface area (Å²) in [6.07, 6.45) is 44.3. The summed E-state index contributed by atoms with van der Waals surface area (Å²) in [6.45, 7) is 4.47. The van der Waals surface area contributed by atoms with Gasteiger partial charge in [0.1, 0.15) is 0 Å². The average molecular weight is 682 g/mol. The Bertz CT molecular complexity index is 883. The lowest BCUT2D eigenvalue weighted by molar-refractivity contribution is -0.122. The fourth-order valence-electron chi connectivity index (χ4n) is 5.83. The maximum atomic E-state index is 12.5. The number of hydrogen-bond acceptors (Lipinski definition) is 4. The predicted molar refractivity (Wildman–Crippen MR) is 202 cm³/mol. The van der Waals surface area contributed by atoms with Crippen molar-refractivity contribution in [3.8, 4) is 0 Å². The quantitative estimate of drug-likeness (QED) is 0.0351. The first-order valence-electron chi connectivity index (χ1n) is 19.7. The van der Waals surface area contributed by atoms with E-state index in [-0.39, 0.29) is 5.91 Å². The molecule has 0 radical (unpaired) electrons. The van der Waals surface area contributed by atoms with Gasteiger partial charge in [-0.3, -0.25) is 9.35 Å². The number of allylic oxidation sites excluding steroid dienone is 5. The molecule has 47 heavy (non-hydrogen) atoms. The predicted octanol–water partition coefficient (Wildman–Crippen LogP) is 11.4. The van der Waals surface area contributed by atoms with Crippen LogP contribution in [0.5, 0.6) is 0 Å². The Morgan fingerprint density at radius 3 is 1.38 bits per heavy atom. The molecule has 3 N–H and O–H groups in total. The number of hydrogen-bond donors (Lipinski definition) is 3. The molecule has 0 aromatic heterocycles. The Balaban J connectivity index is 3.81. The molecule has 7 heteroatoms. The third-order valence-corrected chi connectivity index (χ3v) is 9.59. The van der Waals surface area contributed by atoms with E-state index in [1.165, 1.54) is 128 Å². The molecular formula is C40H75NO5S. The fraction of sp³-hybridized carbons (Fsp3) is 0.825. The van der Waals surface area contributed by atoms with Gasteiger partial charge in [-0.1, -0.05) is 172 Å². The number of amides is 1. The molecule has 0 saturated heterocycles. The highest BCUT2D eigenvalue weighted by atomic mass is 32.2. The summed E-state index contributed by atoms with van der Waals surface area (Å²) >= 11 is 0. The summed E-state index contributed by atoms with van der Waals surface area (Å²) in [5.74, 6) is -0.982. The van der Waals surface area contributed by atoms with Crippen LogP contribution < -0.4 is 5.32 Å². The monoisotopic (exact) mass is 682 g/mol. The third kappa shape index (κ3) is 35.7. The molecule has 2 atom stereocenters. The molecular weight excluding hydrogens is 607 g/mol. The standard InChI is InChI=1S/C40H75NO5S/c1-3-5-7-9-11-13-14-15-16-17-18-19-20-21-22-23-24-25-26-28-30-32-34-36-40(43)41-38(37-47(44,45)46)39(42)35-33-31-29-27-12-10-8-6-4-2/h14-15,17-18,33,35,38-39,42H,3-13,16,19-32,34,36-37H2,1-2H3,(H,41,43)(H,44,45,46)/b15-14-,18-17-,35-33+. The number of aliphatic hydroxyl groups excluding tert-OH is 1. The lowest BCUT2D eigenvalue weighted by Gasteiger charge is -2.21. The zero-order valence-corrected chi connectivity index (χ0v) is 31.5. The Morgan fingerprint density at radius 1 is 0.574 bits per heavy atom. The van der Waals surface area contributed by atoms with Gasteiger partial charge >= 0.3 is 0 Å². The van der Waals surface area contributed by atoms with E-state index < -0.39 is 28.0 Å². The van der Waals surface area contributed by atoms with Crippen LogP contribution in [0, 0.1) is 0 Å². The number of aliphatic hydroxyl groups is 1. The molecule has 0 aromatic rings. The second-order valence-electron chi connectivity index (χ2n) is 13.6. The van der Waals surface area contributed by atoms with E-state index in [1.54, 1.807) is 6.08 Å². The maximum Gasteiger partial charge on any atom is 0.267 e. The molecule has 1 amide bonds. The van der Waals surface area contributed by atoms with Crippen molar-refractivity contribution in [3.63, 3.8) is 0 Å². The summed E-state index contributed by atoms with van der Waals surface area (Å²) in [5, 5.41) is 13.1. The molecule has 0 rings (SSSR count). The Hall–Kier alpha value is -1.44. The van der Waals surface area contributed by atoms with E-state index in [1.807, 2.05) is 6.08 Å². The molecule has 6 nitrogen and oxygen atoms in total. The van der Waals surface area contributed by atoms with E-state index in [0.717, 1.165) is 44.9 Å². The van der Waals surface area contributed by atoms with Crippen molar-refractivity contribution in [1.29, 1.82) is 0 Å². The molecule has 0 aliphatic carbocycles. The van der Waals surface area contributed by atoms with Crippen LogP contribution in [0.3, 0.4) is 0 Å². The zero-order chi connectivity index (χ0) is 34.7. The fourth-order valence-corrected chi connectivity index (χ4v) is 6.57. The molecule has 0 spiro atoms. The van der Waals surface area contributed by atoms with Crippen molar-refractivity contribution in [2.45, 2.75) is 206 Å². The van der Waals surface area contributed by atoms with Crippen LogP contribution in [0.2, 0.25) is 0 Å². The SMILES string of the molecule is CCCCCCC/C=C\C/C=C\CCCCCCCCCCCCCC(=O)NC(CS(=O)(=O)O)C(O)/C=C/CCCCCCCCC. The number of carbonyl (C=O) groups is 1. The van der Waals surface area contributed by atoms with Crippen LogP contribution in [0.1, 0.15) is 194 Å². The van der Waals surface area contributed by atoms with E-state index >= 15 is 0 Å². The molecule has 0 aliphatic rings. The third-order valence-electron chi connectivity index (χ3n) is 8.81. The van der Waals surface area contributed by atoms with Crippen molar-refractivity contribution in [3.05, 3.63) is 36.5 Å². The van der Waals surface area contributed by atoms with Gasteiger partial charge < -0.3 is 10.4 Å². The lowest BCUT2D eigenvalue weighted by Crippen LogP contribution is -2.46. The summed E-state index contributed by atoms with van der Waals surface area (Å²) in [7, 11) is -4.33. The summed E-state index contributed by atoms with van der Waals surface area (Å²) < 4.78 is 32.3. The van der Waals surface area contributed by atoms with Crippen LogP contribution in [-0.2, 0) is 14.9 Å². The van der Waals surface area contributed by atoms with Gasteiger partial charge in [0.2, 0.25) is 5.91 Å². The highest BCUT2D eigenvalue weighted by molar-refractivity contribution is 7.85. The van der Waals surface area contributed by atoms with Gasteiger partial charge in [0.05, 0.1) is 17.9 Å². The topological polar surface area (TPSA) is 104 Å². The van der Waals surface area contributed by atoms with Crippen molar-refractivity contribution >= 4 is 16.0 Å². The molecule has 0 fully saturated rings. The average Bonchev–Trinajstić information content (AvgIpc) is 3.03. The van der Waals surface area contributed by atoms with Gasteiger partial charge in [0.15, 0.2) is 0 Å². The van der Waals surface area contributed by atoms with Crippen LogP contribution in [0.15, 0.2) is 36.5 Å². The second-order valence-corrected chi connectivity index (χ2v) is 15.1. The van der Waals surface area contributed by atoms with Crippen molar-refractivity contribution < 1.29 is 22.9 Å². The van der Waals surface area contributed by atoms with Gasteiger partial charge in [0.25, 0.3) is 10.1 Å². The first-order valence-corrected chi connectivity index (χ1v) is 21.3. The van der Waals surface area contributed by atoms with Gasteiger partial charge in [-0.25, -0.2) is 0 Å². The minimum Gasteiger partial charge on any atom is -0.387 e. The minimum atomic E-state index is -4.33. The highest BCUT2D eigenvalue weighted by Crippen LogP contribution is 2.14. The van der Waals surface area contributed by atoms with E-state index in [9.17, 15) is 22.9 Å². The van der Waals surface area contributed by atoms with Crippen LogP contribution in [0.25, 0.3) is 0 Å². The van der Waals surface area contributed by atoms with E-state index in [2.05, 4.69) is 43.5 Å². The van der Waals surface area contributed by atoms with Crippen molar-refractivity contribution in [2.75, 3.05) is 5.75 Å². The number of rotatable bonds is 35. The summed E-state index contributed by atoms with van der Waals surface area (Å²) in [5.41, 5.74) is 0. The lowest BCUT2D eigenvalue weighted by atomic mass is 10.0. The van der Waals surface area contributed by atoms with Gasteiger partial charge in [0, 0.05) is 6.42 Å². The number of nitrogens with one attached hydrogen (secondary N) is 1. The molecule has 2 unspecified atom stereocenters. The van der Waals surface area contributed by atoms with Gasteiger partial charge in [-0.15, -0.1) is 0 Å². The normalized spacial score (nSPS) is 13.7. The molecule has 0 bridgehead atoms. The smallest absolute Gasteiger partial charge is 0.267 e. The number of carbonyl (C=O) groups excluding carboxylic acids is 1. The van der Waals surface area contributed by atoms with Gasteiger partial charge in [-0.2, -0.15) is 8.42 Å². The Morgan fingerprint density at radius 2 is 0.957 bits per heavy atom. The first kappa shape index (κ1) is 45.6. The zero-order valence-electron chi connectivity index (χ0n) is 30.7. The Labute approximate surface area is 291 Å². The molecule has 0 aliphatic heterocycles. The molecule has 0 aromatic carbocycles. The second kappa shape index (κ2) is 34.4. The Kier molecular flexibility index (Phi) is 33.4. The van der Waals surface area contributed by atoms with Crippen LogP contribution in [-0.4, -0.2) is 41.9 Å². The number of unbranched alkanes of at least 4 members (excludes halogenated alkanes) is 23. The summed E-state index contributed by atoms with van der Waals surface area (Å²) in [6, 6.07) is -1.05. The molecule has 276 valence electrons. The highest BCUT2D eigenvalue weighted by Gasteiger charge is 2.24. The van der Waals surface area contributed by atoms with E-state index in [0.29, 0.717) is 6.42 Å². The van der Waals surface area contributed by atoms with Crippen molar-refractivity contribution in [2.24, 2.45) is 0 Å². The van der Waals surface area contributed by atoms with E-state index in [4.69, 9.17) is 0 Å². The molecule has 0 heterocycles. The minimum absolute atomic E-state index is 0.283. The largest absolute Gasteiger partial charge is 0.387 e. The first-order chi connectivity index (χ1) is 22.8. The maximum absolute atomic E-state index is 12.5. The molecule has 0 saturated carbocycles. The van der Waals surface area contributed by atoms with Crippen LogP contribution in [0.4, 0.5) is 0 Å². The van der Waals surface area contributed by atoms with Crippen LogP contribution >= 0.6 is 0 Å². The summed E-state index contributed by atoms with van der Waals surface area (Å²) in [4.78, 5) is 12.5. The van der Waals surface area contributed by atoms with Gasteiger partial charge in [-0.05, 0) is 51.4 Å². The van der Waals surface area contributed by atoms with Crippen molar-refractivity contribution in [1.82, 2.24) is 5.32 Å².